The van der Waals surface area contributed by atoms with Gasteiger partial charge >= 0.3 is 11.9 Å². The normalized spacial score (nSPS) is 16.4. The molecular weight excluding hydrogens is 624 g/mol. The molecule has 244 valence electrons. The van der Waals surface area contributed by atoms with Crippen LogP contribution in [0.5, 0.6) is 23.0 Å². The summed E-state index contributed by atoms with van der Waals surface area (Å²) >= 11 is 0. The molecule has 0 bridgehead atoms. The highest BCUT2D eigenvalue weighted by Gasteiger charge is 2.41. The van der Waals surface area contributed by atoms with E-state index in [-0.39, 0.29) is 54.5 Å². The Kier molecular flexibility index (Phi) is 10.2. The number of rotatable bonds is 11. The first-order valence-electron chi connectivity index (χ1n) is 14.0. The molecule has 2 atom stereocenters. The summed E-state index contributed by atoms with van der Waals surface area (Å²) in [7, 11) is -3.75. The van der Waals surface area contributed by atoms with Gasteiger partial charge in [-0.1, -0.05) is 6.07 Å². The topological polar surface area (TPSA) is 206 Å². The van der Waals surface area contributed by atoms with E-state index in [0.717, 1.165) is 22.7 Å². The number of phenols is 3. The third-order valence-corrected chi connectivity index (χ3v) is 8.25. The number of nitrogens with zero attached hydrogens (tertiary/aromatic N) is 1. The number of hydrogen-bond donors (Lipinski definition) is 4. The maximum Gasteiger partial charge on any atom is 0.339 e. The highest BCUT2D eigenvalue weighted by molar-refractivity contribution is 7.88. The molecule has 46 heavy (non-hydrogen) atoms. The predicted octanol–water partition coefficient (Wildman–Crippen LogP) is 2.21. The SMILES string of the molecule is CCOC(=O)c1cccc(O)c1C(=O)c1c(O)cc(C(=O)OC2CN(S(C)(=O)=O)CC2NC(=O)c2ccc(O)cc2)cc1OCC. The van der Waals surface area contributed by atoms with Crippen LogP contribution in [-0.2, 0) is 19.5 Å². The number of ether oxygens (including phenoxy) is 3. The Morgan fingerprint density at radius 2 is 1.57 bits per heavy atom. The highest BCUT2D eigenvalue weighted by Crippen LogP contribution is 2.36. The van der Waals surface area contributed by atoms with Gasteiger partial charge in [0, 0.05) is 12.1 Å². The Balaban J connectivity index is 1.65. The zero-order valence-electron chi connectivity index (χ0n) is 25.1. The summed E-state index contributed by atoms with van der Waals surface area (Å²) in [5.74, 6) is -5.13. The van der Waals surface area contributed by atoms with Gasteiger partial charge in [0.2, 0.25) is 15.8 Å². The number of aromatic hydroxyl groups is 3. The molecule has 3 aromatic rings. The number of amides is 1. The molecule has 0 aromatic heterocycles. The average molecular weight is 657 g/mol. The molecule has 1 aliphatic rings. The van der Waals surface area contributed by atoms with Crippen LogP contribution in [0.2, 0.25) is 0 Å². The number of nitrogens with one attached hydrogen (secondary N) is 1. The zero-order chi connectivity index (χ0) is 33.8. The molecular formula is C31H32N2O12S. The molecule has 4 rings (SSSR count). The van der Waals surface area contributed by atoms with Gasteiger partial charge in [0.25, 0.3) is 5.91 Å². The predicted molar refractivity (Wildman–Crippen MR) is 162 cm³/mol. The van der Waals surface area contributed by atoms with E-state index in [0.29, 0.717) is 0 Å². The lowest BCUT2D eigenvalue weighted by Gasteiger charge is -2.21. The molecule has 0 saturated carbocycles. The van der Waals surface area contributed by atoms with E-state index in [1.165, 1.54) is 42.5 Å². The minimum atomic E-state index is -3.75. The molecule has 1 fully saturated rings. The highest BCUT2D eigenvalue weighted by atomic mass is 32.2. The lowest BCUT2D eigenvalue weighted by atomic mass is 9.95. The minimum Gasteiger partial charge on any atom is -0.508 e. The molecule has 3 aromatic carbocycles. The second kappa shape index (κ2) is 13.9. The number of carbonyl (C=O) groups is 4. The molecule has 0 aliphatic carbocycles. The quantitative estimate of drug-likeness (QED) is 0.173. The van der Waals surface area contributed by atoms with Gasteiger partial charge in [-0.25, -0.2) is 18.0 Å². The summed E-state index contributed by atoms with van der Waals surface area (Å²) < 4.78 is 41.8. The van der Waals surface area contributed by atoms with Crippen LogP contribution in [0, 0.1) is 0 Å². The Bertz CT molecular complexity index is 1770. The summed E-state index contributed by atoms with van der Waals surface area (Å²) in [5, 5.41) is 33.6. The molecule has 1 amide bonds. The first kappa shape index (κ1) is 33.7. The molecule has 0 spiro atoms. The van der Waals surface area contributed by atoms with Crippen molar-refractivity contribution in [3.63, 3.8) is 0 Å². The molecule has 1 saturated heterocycles. The molecule has 0 radical (unpaired) electrons. The van der Waals surface area contributed by atoms with Gasteiger partial charge in [-0.05, 0) is 62.4 Å². The fraction of sp³-hybridized carbons (Fsp3) is 0.290. The summed E-state index contributed by atoms with van der Waals surface area (Å²) in [4.78, 5) is 52.3. The molecule has 4 N–H and O–H groups in total. The van der Waals surface area contributed by atoms with Crippen molar-refractivity contribution in [1.29, 1.82) is 0 Å². The lowest BCUT2D eigenvalue weighted by molar-refractivity contribution is 0.0275. The average Bonchev–Trinajstić information content (AvgIpc) is 3.39. The number of sulfonamides is 1. The summed E-state index contributed by atoms with van der Waals surface area (Å²) in [6, 6.07) is 10.2. The van der Waals surface area contributed by atoms with Crippen LogP contribution in [0.15, 0.2) is 54.6 Å². The van der Waals surface area contributed by atoms with Gasteiger partial charge in [0.15, 0.2) is 0 Å². The van der Waals surface area contributed by atoms with Crippen LogP contribution in [0.1, 0.15) is 60.8 Å². The van der Waals surface area contributed by atoms with E-state index in [2.05, 4.69) is 5.32 Å². The third kappa shape index (κ3) is 7.38. The Morgan fingerprint density at radius 1 is 0.870 bits per heavy atom. The van der Waals surface area contributed by atoms with Crippen molar-refractivity contribution in [1.82, 2.24) is 9.62 Å². The van der Waals surface area contributed by atoms with Gasteiger partial charge in [0.1, 0.15) is 34.7 Å². The maximum atomic E-state index is 13.6. The van der Waals surface area contributed by atoms with E-state index < -0.39 is 68.4 Å². The van der Waals surface area contributed by atoms with E-state index in [4.69, 9.17) is 14.2 Å². The fourth-order valence-corrected chi connectivity index (χ4v) is 5.69. The maximum absolute atomic E-state index is 13.6. The second-order valence-electron chi connectivity index (χ2n) is 10.2. The monoisotopic (exact) mass is 656 g/mol. The van der Waals surface area contributed by atoms with Crippen molar-refractivity contribution in [2.24, 2.45) is 0 Å². The van der Waals surface area contributed by atoms with Crippen LogP contribution in [0.3, 0.4) is 0 Å². The number of ketones is 1. The van der Waals surface area contributed by atoms with Crippen LogP contribution in [-0.4, -0.2) is 96.4 Å². The summed E-state index contributed by atoms with van der Waals surface area (Å²) in [6.07, 6.45) is -0.188. The van der Waals surface area contributed by atoms with E-state index >= 15 is 0 Å². The standard InChI is InChI=1S/C31H32N2O12S/c1-4-43-24-14-18(13-23(36)27(24)28(37)26-20(31(40)44-5-2)7-6-8-22(26)35)30(39)45-25-16-33(46(3,41)42)15-21(25)32-29(38)17-9-11-19(34)12-10-17/h6-14,21,25,34-36H,4-5,15-16H2,1-3H3,(H,32,38). The molecule has 1 heterocycles. The smallest absolute Gasteiger partial charge is 0.339 e. The molecule has 2 unspecified atom stereocenters. The number of esters is 2. The van der Waals surface area contributed by atoms with Crippen molar-refractivity contribution in [2.45, 2.75) is 26.0 Å². The van der Waals surface area contributed by atoms with Crippen molar-refractivity contribution < 1.29 is 57.1 Å². The number of phenolic OH excluding ortho intramolecular Hbond substituents is 3. The Morgan fingerprint density at radius 3 is 2.20 bits per heavy atom. The largest absolute Gasteiger partial charge is 0.508 e. The van der Waals surface area contributed by atoms with E-state index in [1.54, 1.807) is 13.8 Å². The Labute approximate surface area is 264 Å². The van der Waals surface area contributed by atoms with Crippen molar-refractivity contribution in [3.8, 4) is 23.0 Å². The van der Waals surface area contributed by atoms with Crippen LogP contribution in [0.4, 0.5) is 0 Å². The minimum absolute atomic E-state index is 0.00133. The van der Waals surface area contributed by atoms with Gasteiger partial charge in [0.05, 0.1) is 48.7 Å². The number of carbonyl (C=O) groups excluding carboxylic acids is 4. The van der Waals surface area contributed by atoms with Crippen LogP contribution < -0.4 is 10.1 Å². The third-order valence-electron chi connectivity index (χ3n) is 7.01. The van der Waals surface area contributed by atoms with Crippen molar-refractivity contribution >= 4 is 33.7 Å². The van der Waals surface area contributed by atoms with Gasteiger partial charge in [-0.15, -0.1) is 0 Å². The van der Waals surface area contributed by atoms with E-state index in [1.807, 2.05) is 0 Å². The first-order valence-corrected chi connectivity index (χ1v) is 15.9. The lowest BCUT2D eigenvalue weighted by Crippen LogP contribution is -2.44. The second-order valence-corrected chi connectivity index (χ2v) is 12.2. The van der Waals surface area contributed by atoms with Crippen LogP contribution in [0.25, 0.3) is 0 Å². The molecule has 15 heteroatoms. The van der Waals surface area contributed by atoms with Crippen LogP contribution >= 0.6 is 0 Å². The van der Waals surface area contributed by atoms with Gasteiger partial charge < -0.3 is 34.8 Å². The number of hydrogen-bond acceptors (Lipinski definition) is 12. The number of benzene rings is 3. The first-order chi connectivity index (χ1) is 21.7. The summed E-state index contributed by atoms with van der Waals surface area (Å²) in [5.41, 5.74) is -1.26. The fourth-order valence-electron chi connectivity index (χ4n) is 4.84. The summed E-state index contributed by atoms with van der Waals surface area (Å²) in [6.45, 7) is 2.65. The van der Waals surface area contributed by atoms with Gasteiger partial charge in [-0.2, -0.15) is 4.31 Å². The van der Waals surface area contributed by atoms with Gasteiger partial charge in [-0.3, -0.25) is 9.59 Å². The Hall–Kier alpha value is -5.15. The van der Waals surface area contributed by atoms with Crippen molar-refractivity contribution in [3.05, 3.63) is 82.4 Å². The molecule has 14 nitrogen and oxygen atoms in total. The molecule has 1 aliphatic heterocycles. The van der Waals surface area contributed by atoms with E-state index in [9.17, 15) is 42.9 Å². The van der Waals surface area contributed by atoms with Crippen molar-refractivity contribution in [2.75, 3.05) is 32.6 Å². The zero-order valence-corrected chi connectivity index (χ0v) is 25.9.